The van der Waals surface area contributed by atoms with Crippen LogP contribution in [0.2, 0.25) is 0 Å². The second kappa shape index (κ2) is 9.72. The van der Waals surface area contributed by atoms with Gasteiger partial charge in [-0.25, -0.2) is 5.09 Å². The minimum absolute atomic E-state index is 0.588. The topological polar surface area (TPSA) is 52.9 Å². The third-order valence-corrected chi connectivity index (χ3v) is 8.26. The molecule has 0 aliphatic rings. The number of rotatable bonds is 8. The molecule has 0 amide bonds. The number of allylic oxidation sites excluding steroid dienone is 1. The van der Waals surface area contributed by atoms with E-state index in [-0.39, 0.29) is 0 Å². The Hall–Kier alpha value is -2.92. The highest BCUT2D eigenvalue weighted by molar-refractivity contribution is 7.77. The first-order valence-corrected chi connectivity index (χ1v) is 11.8. The zero-order chi connectivity index (χ0) is 21.5. The Bertz CT molecular complexity index is 1030. The normalized spacial score (nSPS) is 14.0. The van der Waals surface area contributed by atoms with E-state index in [1.54, 1.807) is 0 Å². The molecule has 0 saturated carbocycles. The van der Waals surface area contributed by atoms with Crippen LogP contribution in [0.3, 0.4) is 0 Å². The molecule has 3 rings (SSSR count). The fourth-order valence-corrected chi connectivity index (χ4v) is 6.37. The minimum Gasteiger partial charge on any atom is -0.296 e. The van der Waals surface area contributed by atoms with Crippen LogP contribution >= 0.6 is 7.29 Å². The summed E-state index contributed by atoms with van der Waals surface area (Å²) >= 11 is 0. The molecule has 1 atom stereocenters. The molecule has 0 heterocycles. The van der Waals surface area contributed by atoms with Gasteiger partial charge < -0.3 is 0 Å². The quantitative estimate of drug-likeness (QED) is 0.398. The predicted octanol–water partition coefficient (Wildman–Crippen LogP) is 5.37. The van der Waals surface area contributed by atoms with Crippen LogP contribution in [0.15, 0.2) is 103 Å². The Labute approximate surface area is 179 Å². The van der Waals surface area contributed by atoms with Crippen molar-refractivity contribution in [2.45, 2.75) is 32.2 Å². The molecule has 152 valence electrons. The lowest BCUT2D eigenvalue weighted by Gasteiger charge is -2.35. The molecule has 0 aliphatic heterocycles. The maximum Gasteiger partial charge on any atom is 0.205 e. The molecule has 0 radical (unpaired) electrons. The molecule has 3 aromatic rings. The Morgan fingerprint density at radius 2 is 1.40 bits per heavy atom. The maximum absolute atomic E-state index is 14.5. The molecule has 0 bridgehead atoms. The largest absolute Gasteiger partial charge is 0.296 e. The molecule has 0 saturated heterocycles. The number of nitriles is 1. The van der Waals surface area contributed by atoms with E-state index in [1.165, 1.54) is 5.56 Å². The first kappa shape index (κ1) is 21.8. The van der Waals surface area contributed by atoms with Gasteiger partial charge in [-0.15, -0.1) is 0 Å². The van der Waals surface area contributed by atoms with Crippen LogP contribution in [0.5, 0.6) is 0 Å². The van der Waals surface area contributed by atoms with Crippen LogP contribution in [0.4, 0.5) is 0 Å². The molecular formula is C26H27N2OP. The van der Waals surface area contributed by atoms with E-state index in [0.29, 0.717) is 12.0 Å². The van der Waals surface area contributed by atoms with Gasteiger partial charge in [0.1, 0.15) is 0 Å². The van der Waals surface area contributed by atoms with Gasteiger partial charge >= 0.3 is 0 Å². The maximum atomic E-state index is 14.5. The second-order valence-corrected chi connectivity index (χ2v) is 10.00. The predicted molar refractivity (Wildman–Crippen MR) is 125 cm³/mol. The molecule has 30 heavy (non-hydrogen) atoms. The van der Waals surface area contributed by atoms with E-state index in [0.717, 1.165) is 17.0 Å². The van der Waals surface area contributed by atoms with Crippen molar-refractivity contribution in [1.82, 2.24) is 5.09 Å². The zero-order valence-corrected chi connectivity index (χ0v) is 18.3. The average Bonchev–Trinajstić information content (AvgIpc) is 2.80. The molecule has 1 N–H and O–H groups in total. The fourth-order valence-electron chi connectivity index (χ4n) is 3.70. The smallest absolute Gasteiger partial charge is 0.205 e. The highest BCUT2D eigenvalue weighted by Gasteiger charge is 2.38. The monoisotopic (exact) mass is 414 g/mol. The number of nitrogens with zero attached hydrogens (tertiary/aromatic N) is 1. The fraction of sp³-hybridized carbons (Fsp3) is 0.192. The van der Waals surface area contributed by atoms with E-state index in [2.05, 4.69) is 23.3 Å². The van der Waals surface area contributed by atoms with E-state index in [4.69, 9.17) is 0 Å². The van der Waals surface area contributed by atoms with Crippen molar-refractivity contribution < 1.29 is 4.57 Å². The van der Waals surface area contributed by atoms with Gasteiger partial charge in [0.05, 0.1) is 11.6 Å². The highest BCUT2D eigenvalue weighted by Crippen LogP contribution is 2.43. The van der Waals surface area contributed by atoms with Gasteiger partial charge in [0, 0.05) is 16.2 Å². The van der Waals surface area contributed by atoms with Crippen molar-refractivity contribution in [2.24, 2.45) is 0 Å². The summed E-state index contributed by atoms with van der Waals surface area (Å²) in [6.45, 7) is 3.84. The summed E-state index contributed by atoms with van der Waals surface area (Å²) in [6.07, 6.45) is 3.24. The lowest BCUT2D eigenvalue weighted by Crippen LogP contribution is -2.46. The van der Waals surface area contributed by atoms with Gasteiger partial charge in [-0.05, 0) is 56.5 Å². The molecule has 0 aromatic heterocycles. The number of hydrogen-bond donors (Lipinski definition) is 1. The summed E-state index contributed by atoms with van der Waals surface area (Å²) in [5, 5.41) is 14.8. The molecule has 4 heteroatoms. The van der Waals surface area contributed by atoms with Gasteiger partial charge in [0.25, 0.3) is 0 Å². The molecule has 3 nitrogen and oxygen atoms in total. The lowest BCUT2D eigenvalue weighted by atomic mass is 9.87. The number of nitrogens with one attached hydrogen (secondary N) is 1. The first-order chi connectivity index (χ1) is 14.5. The molecular weight excluding hydrogens is 387 g/mol. The van der Waals surface area contributed by atoms with Crippen LogP contribution < -0.4 is 15.7 Å². The Morgan fingerprint density at radius 1 is 0.933 bits per heavy atom. The summed E-state index contributed by atoms with van der Waals surface area (Å²) in [5.41, 5.74) is 1.03. The van der Waals surface area contributed by atoms with Crippen molar-refractivity contribution >= 4 is 17.9 Å². The Balaban J connectivity index is 2.05. The molecule has 0 fully saturated rings. The van der Waals surface area contributed by atoms with Gasteiger partial charge in [-0.1, -0.05) is 72.8 Å². The highest BCUT2D eigenvalue weighted by atomic mass is 31.2. The summed E-state index contributed by atoms with van der Waals surface area (Å²) in [6, 6.07) is 31.5. The van der Waals surface area contributed by atoms with Gasteiger partial charge in [-0.3, -0.25) is 4.57 Å². The van der Waals surface area contributed by atoms with Gasteiger partial charge in [0.15, 0.2) is 0 Å². The van der Waals surface area contributed by atoms with Crippen molar-refractivity contribution in [1.29, 1.82) is 5.26 Å². The van der Waals surface area contributed by atoms with Crippen molar-refractivity contribution in [2.75, 3.05) is 0 Å². The van der Waals surface area contributed by atoms with Crippen molar-refractivity contribution in [3.63, 3.8) is 0 Å². The first-order valence-electron chi connectivity index (χ1n) is 10.1. The summed E-state index contributed by atoms with van der Waals surface area (Å²) in [5.74, 6) is 0. The molecule has 0 spiro atoms. The number of hydrogen-bond acceptors (Lipinski definition) is 2. The average molecular weight is 414 g/mol. The zero-order valence-electron chi connectivity index (χ0n) is 17.5. The van der Waals surface area contributed by atoms with E-state index in [1.807, 2.05) is 98.8 Å². The van der Waals surface area contributed by atoms with Crippen LogP contribution in [0, 0.1) is 11.3 Å². The molecule has 0 aliphatic carbocycles. The van der Waals surface area contributed by atoms with Crippen LogP contribution in [0.1, 0.15) is 25.8 Å². The van der Waals surface area contributed by atoms with Crippen molar-refractivity contribution in [3.8, 4) is 6.07 Å². The summed E-state index contributed by atoms with van der Waals surface area (Å²) in [7, 11) is -3.19. The van der Waals surface area contributed by atoms with Crippen LogP contribution in [-0.4, -0.2) is 5.54 Å². The van der Waals surface area contributed by atoms with Crippen LogP contribution in [-0.2, 0) is 11.0 Å². The third kappa shape index (κ3) is 4.79. The number of benzene rings is 3. The van der Waals surface area contributed by atoms with Crippen molar-refractivity contribution in [3.05, 3.63) is 108 Å². The third-order valence-electron chi connectivity index (χ3n) is 5.40. The molecule has 3 aromatic carbocycles. The summed E-state index contributed by atoms with van der Waals surface area (Å²) in [4.78, 5) is 0. The van der Waals surface area contributed by atoms with Crippen LogP contribution in [0.25, 0.3) is 0 Å². The van der Waals surface area contributed by atoms with E-state index < -0.39 is 12.8 Å². The van der Waals surface area contributed by atoms with Gasteiger partial charge in [-0.2, -0.15) is 5.26 Å². The van der Waals surface area contributed by atoms with E-state index in [9.17, 15) is 9.83 Å². The minimum atomic E-state index is -3.19. The second-order valence-electron chi connectivity index (χ2n) is 7.52. The lowest BCUT2D eigenvalue weighted by molar-refractivity contribution is 0.459. The molecule has 0 unspecified atom stereocenters. The SMILES string of the molecule is C/C=C(\C#N)[C@](C)(CCc1ccccc1)NP(=O)(c1ccccc1)c1ccccc1. The summed E-state index contributed by atoms with van der Waals surface area (Å²) < 4.78 is 14.5. The Morgan fingerprint density at radius 3 is 1.83 bits per heavy atom. The van der Waals surface area contributed by atoms with Gasteiger partial charge in [0.2, 0.25) is 7.29 Å². The van der Waals surface area contributed by atoms with E-state index >= 15 is 0 Å². The standard InChI is InChI=1S/C26H27N2OP/c1-3-23(21-27)26(2,20-19-22-13-7-4-8-14-22)28-30(29,24-15-9-5-10-16-24)25-17-11-6-12-18-25/h3-18H,19-20H2,1-2H3,(H,28,29)/b23-3+/t26-/m0/s1. The number of aryl methyl sites for hydroxylation is 1. The Kier molecular flexibility index (Phi) is 7.06.